The first kappa shape index (κ1) is 22.2. The van der Waals surface area contributed by atoms with Gasteiger partial charge in [0.15, 0.2) is 0 Å². The molecule has 3 N–H and O–H groups in total. The highest BCUT2D eigenvalue weighted by Gasteiger charge is 2.17. The van der Waals surface area contributed by atoms with Gasteiger partial charge >= 0.3 is 0 Å². The number of carbonyl (C=O) groups excluding carboxylic acids is 2. The van der Waals surface area contributed by atoms with E-state index in [0.29, 0.717) is 11.3 Å². The molecule has 0 unspecified atom stereocenters. The van der Waals surface area contributed by atoms with E-state index < -0.39 is 5.91 Å². The van der Waals surface area contributed by atoms with Gasteiger partial charge in [0.1, 0.15) is 11.4 Å². The Morgan fingerprint density at radius 1 is 1.03 bits per heavy atom. The highest BCUT2D eigenvalue weighted by Crippen LogP contribution is 2.22. The molecule has 0 aromatic heterocycles. The Balaban J connectivity index is 2.25. The van der Waals surface area contributed by atoms with Crippen LogP contribution in [0.2, 0.25) is 0 Å². The van der Waals surface area contributed by atoms with Gasteiger partial charge in [0.05, 0.1) is 13.7 Å². The summed E-state index contributed by atoms with van der Waals surface area (Å²) in [7, 11) is 1.57. The molecular formula is C23H28N2O4. The van der Waals surface area contributed by atoms with E-state index in [1.807, 2.05) is 12.1 Å². The highest BCUT2D eigenvalue weighted by atomic mass is 16.5. The summed E-state index contributed by atoms with van der Waals surface area (Å²) >= 11 is 0. The summed E-state index contributed by atoms with van der Waals surface area (Å²) < 4.78 is 5.13. The molecule has 2 rings (SSSR count). The first-order chi connectivity index (χ1) is 13.7. The van der Waals surface area contributed by atoms with Gasteiger partial charge in [-0.1, -0.05) is 45.0 Å². The van der Waals surface area contributed by atoms with E-state index in [2.05, 4.69) is 31.4 Å². The molecule has 0 aliphatic carbocycles. The SMILES string of the molecule is COc1ccc(/C=C(\NC(=O)c2ccc(C(C)(C)C)cc2)C(=O)NCCO)cc1. The van der Waals surface area contributed by atoms with Crippen LogP contribution in [0.15, 0.2) is 54.2 Å². The predicted molar refractivity (Wildman–Crippen MR) is 114 cm³/mol. The van der Waals surface area contributed by atoms with Crippen molar-refractivity contribution in [3.8, 4) is 5.75 Å². The second-order valence-electron chi connectivity index (χ2n) is 7.59. The molecule has 0 aliphatic heterocycles. The quantitative estimate of drug-likeness (QED) is 0.628. The first-order valence-corrected chi connectivity index (χ1v) is 9.41. The number of benzene rings is 2. The highest BCUT2D eigenvalue weighted by molar-refractivity contribution is 6.05. The zero-order chi connectivity index (χ0) is 21.4. The Bertz CT molecular complexity index is 863. The van der Waals surface area contributed by atoms with E-state index in [-0.39, 0.29) is 30.2 Å². The summed E-state index contributed by atoms with van der Waals surface area (Å²) in [4.78, 5) is 25.1. The molecular weight excluding hydrogens is 368 g/mol. The summed E-state index contributed by atoms with van der Waals surface area (Å²) in [5.74, 6) is -0.171. The third-order valence-electron chi connectivity index (χ3n) is 4.33. The average Bonchev–Trinajstić information content (AvgIpc) is 2.71. The summed E-state index contributed by atoms with van der Waals surface area (Å²) in [5, 5.41) is 14.2. The van der Waals surface area contributed by atoms with Crippen LogP contribution in [-0.2, 0) is 10.2 Å². The van der Waals surface area contributed by atoms with Crippen LogP contribution in [0, 0.1) is 0 Å². The number of amides is 2. The van der Waals surface area contributed by atoms with Crippen molar-refractivity contribution in [1.29, 1.82) is 0 Å². The molecule has 0 bridgehead atoms. The normalized spacial score (nSPS) is 11.7. The summed E-state index contributed by atoms with van der Waals surface area (Å²) in [6.07, 6.45) is 1.58. The monoisotopic (exact) mass is 396 g/mol. The van der Waals surface area contributed by atoms with Crippen LogP contribution in [0.5, 0.6) is 5.75 Å². The predicted octanol–water partition coefficient (Wildman–Crippen LogP) is 2.87. The van der Waals surface area contributed by atoms with Crippen molar-refractivity contribution in [3.63, 3.8) is 0 Å². The van der Waals surface area contributed by atoms with Gasteiger partial charge in [-0.3, -0.25) is 9.59 Å². The Morgan fingerprint density at radius 3 is 2.17 bits per heavy atom. The maximum Gasteiger partial charge on any atom is 0.267 e. The molecule has 2 amide bonds. The standard InChI is InChI=1S/C23H28N2O4/c1-23(2,3)18-9-7-17(8-10-18)21(27)25-20(22(28)24-13-14-26)15-16-5-11-19(29-4)12-6-16/h5-12,15,26H,13-14H2,1-4H3,(H,24,28)(H,25,27)/b20-15-. The second-order valence-corrected chi connectivity index (χ2v) is 7.59. The average molecular weight is 396 g/mol. The van der Waals surface area contributed by atoms with Gasteiger partial charge in [-0.15, -0.1) is 0 Å². The molecule has 6 nitrogen and oxygen atoms in total. The fourth-order valence-electron chi connectivity index (χ4n) is 2.61. The van der Waals surface area contributed by atoms with Crippen molar-refractivity contribution in [2.24, 2.45) is 0 Å². The van der Waals surface area contributed by atoms with Crippen LogP contribution < -0.4 is 15.4 Å². The van der Waals surface area contributed by atoms with Crippen molar-refractivity contribution in [1.82, 2.24) is 10.6 Å². The van der Waals surface area contributed by atoms with Gasteiger partial charge in [0.25, 0.3) is 11.8 Å². The fraction of sp³-hybridized carbons (Fsp3) is 0.304. The molecule has 0 fully saturated rings. The number of ether oxygens (including phenoxy) is 1. The summed E-state index contributed by atoms with van der Waals surface area (Å²) in [6, 6.07) is 14.4. The molecule has 2 aromatic carbocycles. The minimum absolute atomic E-state index is 0.0153. The number of aliphatic hydroxyl groups is 1. The number of nitrogens with one attached hydrogen (secondary N) is 2. The molecule has 0 saturated heterocycles. The number of methoxy groups -OCH3 is 1. The Labute approximate surface area is 171 Å². The molecule has 0 saturated carbocycles. The Hall–Kier alpha value is -3.12. The van der Waals surface area contributed by atoms with Crippen molar-refractivity contribution in [2.75, 3.05) is 20.3 Å². The third-order valence-corrected chi connectivity index (χ3v) is 4.33. The lowest BCUT2D eigenvalue weighted by atomic mass is 9.87. The van der Waals surface area contributed by atoms with Crippen molar-refractivity contribution >= 4 is 17.9 Å². The zero-order valence-electron chi connectivity index (χ0n) is 17.3. The summed E-state index contributed by atoms with van der Waals surface area (Å²) in [5.41, 5.74) is 2.37. The molecule has 0 radical (unpaired) electrons. The minimum atomic E-state index is -0.477. The topological polar surface area (TPSA) is 87.7 Å². The Morgan fingerprint density at radius 2 is 1.66 bits per heavy atom. The largest absolute Gasteiger partial charge is 0.497 e. The number of rotatable bonds is 7. The first-order valence-electron chi connectivity index (χ1n) is 9.41. The molecule has 2 aromatic rings. The van der Waals surface area contributed by atoms with Crippen molar-refractivity contribution in [3.05, 3.63) is 70.9 Å². The molecule has 29 heavy (non-hydrogen) atoms. The van der Waals surface area contributed by atoms with E-state index in [1.54, 1.807) is 49.6 Å². The number of hydrogen-bond donors (Lipinski definition) is 3. The van der Waals surface area contributed by atoms with E-state index in [4.69, 9.17) is 9.84 Å². The van der Waals surface area contributed by atoms with Crippen LogP contribution in [0.25, 0.3) is 6.08 Å². The molecule has 0 heterocycles. The van der Waals surface area contributed by atoms with Crippen LogP contribution in [0.1, 0.15) is 42.3 Å². The zero-order valence-corrected chi connectivity index (χ0v) is 17.3. The molecule has 154 valence electrons. The van der Waals surface area contributed by atoms with Crippen molar-refractivity contribution in [2.45, 2.75) is 26.2 Å². The lowest BCUT2D eigenvalue weighted by Crippen LogP contribution is -2.36. The maximum atomic E-state index is 12.7. The van der Waals surface area contributed by atoms with E-state index in [0.717, 1.165) is 11.1 Å². The van der Waals surface area contributed by atoms with Crippen LogP contribution in [0.4, 0.5) is 0 Å². The Kier molecular flexibility index (Phi) is 7.56. The van der Waals surface area contributed by atoms with Gasteiger partial charge < -0.3 is 20.5 Å². The lowest BCUT2D eigenvalue weighted by Gasteiger charge is -2.19. The smallest absolute Gasteiger partial charge is 0.267 e. The van der Waals surface area contributed by atoms with Gasteiger partial charge in [-0.05, 0) is 46.9 Å². The van der Waals surface area contributed by atoms with Crippen LogP contribution in [0.3, 0.4) is 0 Å². The summed E-state index contributed by atoms with van der Waals surface area (Å²) in [6.45, 7) is 6.20. The number of carbonyl (C=O) groups is 2. The lowest BCUT2D eigenvalue weighted by molar-refractivity contribution is -0.117. The minimum Gasteiger partial charge on any atom is -0.497 e. The van der Waals surface area contributed by atoms with Gasteiger partial charge in [-0.2, -0.15) is 0 Å². The van der Waals surface area contributed by atoms with Gasteiger partial charge in [-0.25, -0.2) is 0 Å². The maximum absolute atomic E-state index is 12.7. The van der Waals surface area contributed by atoms with E-state index in [1.165, 1.54) is 0 Å². The van der Waals surface area contributed by atoms with E-state index in [9.17, 15) is 9.59 Å². The van der Waals surface area contributed by atoms with Gasteiger partial charge in [0, 0.05) is 12.1 Å². The fourth-order valence-corrected chi connectivity index (χ4v) is 2.61. The van der Waals surface area contributed by atoms with Crippen LogP contribution >= 0.6 is 0 Å². The molecule has 0 spiro atoms. The third kappa shape index (κ3) is 6.47. The molecule has 0 aliphatic rings. The molecule has 0 atom stereocenters. The second kappa shape index (κ2) is 9.89. The number of hydrogen-bond acceptors (Lipinski definition) is 4. The van der Waals surface area contributed by atoms with Crippen LogP contribution in [-0.4, -0.2) is 37.2 Å². The van der Waals surface area contributed by atoms with Crippen molar-refractivity contribution < 1.29 is 19.4 Å². The molecule has 6 heteroatoms. The van der Waals surface area contributed by atoms with E-state index >= 15 is 0 Å². The number of aliphatic hydroxyl groups excluding tert-OH is 1. The van der Waals surface area contributed by atoms with Gasteiger partial charge in [0.2, 0.25) is 0 Å².